The van der Waals surface area contributed by atoms with Crippen molar-refractivity contribution in [1.82, 2.24) is 0 Å². The highest BCUT2D eigenvalue weighted by Crippen LogP contribution is 2.46. The zero-order valence-corrected chi connectivity index (χ0v) is 12.3. The van der Waals surface area contributed by atoms with E-state index in [2.05, 4.69) is 54.4 Å². The van der Waals surface area contributed by atoms with Gasteiger partial charge in [0.1, 0.15) is 0 Å². The van der Waals surface area contributed by atoms with Gasteiger partial charge in [-0.3, -0.25) is 0 Å². The lowest BCUT2D eigenvalue weighted by Gasteiger charge is -2.41. The third-order valence-corrected chi connectivity index (χ3v) is 9.31. The van der Waals surface area contributed by atoms with Crippen LogP contribution in [-0.2, 0) is 0 Å². The first-order chi connectivity index (χ1) is 5.36. The minimum Gasteiger partial charge on any atom is -0.306 e. The van der Waals surface area contributed by atoms with Crippen molar-refractivity contribution in [1.29, 1.82) is 0 Å². The summed E-state index contributed by atoms with van der Waals surface area (Å²) in [5.74, 6) is 2.45. The van der Waals surface area contributed by atoms with Crippen LogP contribution < -0.4 is 0 Å². The largest absolute Gasteiger partial charge is 0.475 e. The second-order valence-electron chi connectivity index (χ2n) is 4.83. The van der Waals surface area contributed by atoms with Crippen molar-refractivity contribution in [3.8, 4) is 0 Å². The maximum absolute atomic E-state index is 3.78. The first kappa shape index (κ1) is 13.2. The molecule has 0 fully saturated rings. The molecule has 2 heteroatoms. The quantitative estimate of drug-likeness (QED) is 0.653. The molecule has 70 valence electrons. The second kappa shape index (κ2) is 5.21. The molecule has 0 spiro atoms. The van der Waals surface area contributed by atoms with E-state index in [1.165, 1.54) is 0 Å². The summed E-state index contributed by atoms with van der Waals surface area (Å²) in [5.41, 5.74) is 0. The van der Waals surface area contributed by atoms with Gasteiger partial charge in [0, 0.05) is 0 Å². The molecule has 0 saturated heterocycles. The highest BCUT2D eigenvalue weighted by Gasteiger charge is 2.35. The molecule has 0 aliphatic heterocycles. The van der Waals surface area contributed by atoms with Gasteiger partial charge < -0.3 is 12.9 Å². The Kier molecular flexibility index (Phi) is 5.75. The van der Waals surface area contributed by atoms with Gasteiger partial charge in [0.2, 0.25) is 0 Å². The fourth-order valence-corrected chi connectivity index (χ4v) is 6.06. The average Bonchev–Trinajstić information content (AvgIpc) is 2.01. The van der Waals surface area contributed by atoms with Crippen LogP contribution in [0.25, 0.3) is 0 Å². The van der Waals surface area contributed by atoms with Crippen molar-refractivity contribution in [2.75, 3.05) is 0 Å². The molecular weight excluding hydrogens is 224 g/mol. The molecule has 0 amide bonds. The molecule has 2 atom stereocenters. The molecule has 0 radical (unpaired) electrons. The minimum atomic E-state index is -0.0937. The van der Waals surface area contributed by atoms with Gasteiger partial charge in [0.25, 0.3) is 0 Å². The summed E-state index contributed by atoms with van der Waals surface area (Å²) in [6.07, 6.45) is 0. The number of halogens is 1. The Hall–Kier alpha value is 1.25. The number of hydrogen-bond acceptors (Lipinski definition) is 0. The van der Waals surface area contributed by atoms with E-state index >= 15 is 0 Å². The van der Waals surface area contributed by atoms with Crippen molar-refractivity contribution in [2.24, 2.45) is 17.8 Å². The Morgan fingerprint density at radius 1 is 1.08 bits per heavy atom. The molecule has 0 rings (SSSR count). The summed E-state index contributed by atoms with van der Waals surface area (Å²) < 4.78 is 0.578. The third-order valence-electron chi connectivity index (χ3n) is 3.65. The minimum absolute atomic E-state index is 0.0937. The normalized spacial score (nSPS) is 19.1. The molecule has 0 aliphatic carbocycles. The molecule has 0 saturated carbocycles. The van der Waals surface area contributed by atoms with Crippen molar-refractivity contribution in [3.05, 3.63) is 0 Å². The van der Waals surface area contributed by atoms with Crippen molar-refractivity contribution in [2.45, 2.75) is 45.1 Å². The van der Waals surface area contributed by atoms with E-state index in [0.717, 1.165) is 17.8 Å². The Bertz CT molecular complexity index is 134. The van der Waals surface area contributed by atoms with E-state index in [4.69, 9.17) is 0 Å². The molecule has 0 aliphatic rings. The van der Waals surface area contributed by atoms with Crippen LogP contribution in [0.4, 0.5) is 0 Å². The van der Waals surface area contributed by atoms with Gasteiger partial charge >= 0.3 is 18.2 Å². The molecule has 0 N–H and O–H groups in total. The maximum atomic E-state index is 3.78. The third kappa shape index (κ3) is 2.88. The van der Waals surface area contributed by atoms with Crippen molar-refractivity contribution < 1.29 is 0 Å². The topological polar surface area (TPSA) is 0 Å². The van der Waals surface area contributed by atoms with Gasteiger partial charge in [-0.25, -0.2) is 0 Å². The number of rotatable bonds is 4. The highest BCUT2D eigenvalue weighted by molar-refractivity contribution is 9.23. The van der Waals surface area contributed by atoms with Gasteiger partial charge in [0.05, 0.1) is 0 Å². The van der Waals surface area contributed by atoms with Crippen LogP contribution in [0.5, 0.6) is 0 Å². The van der Waals surface area contributed by atoms with Crippen molar-refractivity contribution in [3.63, 3.8) is 0 Å². The van der Waals surface area contributed by atoms with Gasteiger partial charge in [-0.05, 0) is 5.92 Å². The lowest BCUT2D eigenvalue weighted by molar-refractivity contribution is 0.253. The Morgan fingerprint density at radius 3 is 1.58 bits per heavy atom. The number of hydrogen-bond donors (Lipinski definition) is 0. The van der Waals surface area contributed by atoms with Crippen LogP contribution in [0, 0.1) is 17.8 Å². The summed E-state index contributed by atoms with van der Waals surface area (Å²) in [6.45, 7) is 14.2. The zero-order valence-electron chi connectivity index (χ0n) is 9.32. The highest BCUT2D eigenvalue weighted by atomic mass is 79.9. The first-order valence-electron chi connectivity index (χ1n) is 4.92. The zero-order chi connectivity index (χ0) is 9.94. The van der Waals surface area contributed by atoms with E-state index < -0.39 is 0 Å². The van der Waals surface area contributed by atoms with Crippen LogP contribution in [-0.4, -0.2) is 18.2 Å². The second-order valence-corrected chi connectivity index (χ2v) is 8.30. The van der Waals surface area contributed by atoms with E-state index in [0.29, 0.717) is 3.54 Å². The molecule has 0 aromatic rings. The predicted molar refractivity (Wildman–Crippen MR) is 61.9 cm³/mol. The standard InChI is InChI=1S/C10H21.BrH.Mg/c1-7(2)9(5)10(6)8(3)4;;/h7-9H,1-6H3;1H;/q;;+1/p-1. The Morgan fingerprint density at radius 2 is 1.50 bits per heavy atom. The summed E-state index contributed by atoms with van der Waals surface area (Å²) >= 11 is 3.69. The smallest absolute Gasteiger partial charge is 0.306 e. The van der Waals surface area contributed by atoms with Crippen LogP contribution in [0.2, 0.25) is 3.54 Å². The molecular formula is C10H21BrMg. The van der Waals surface area contributed by atoms with Crippen LogP contribution >= 0.6 is 12.9 Å². The summed E-state index contributed by atoms with van der Waals surface area (Å²) in [6, 6.07) is 0. The first-order valence-corrected chi connectivity index (χ1v) is 9.52. The predicted octanol–water partition coefficient (Wildman–Crippen LogP) is 4.13. The van der Waals surface area contributed by atoms with Crippen LogP contribution in [0.3, 0.4) is 0 Å². The lowest BCUT2D eigenvalue weighted by Crippen LogP contribution is -2.30. The summed E-state index contributed by atoms with van der Waals surface area (Å²) in [7, 11) is 0. The average molecular weight is 245 g/mol. The molecule has 0 aromatic carbocycles. The molecule has 12 heavy (non-hydrogen) atoms. The van der Waals surface area contributed by atoms with Crippen LogP contribution in [0.1, 0.15) is 41.5 Å². The lowest BCUT2D eigenvalue weighted by atomic mass is 9.78. The van der Waals surface area contributed by atoms with E-state index in [9.17, 15) is 0 Å². The van der Waals surface area contributed by atoms with E-state index in [1.54, 1.807) is 0 Å². The summed E-state index contributed by atoms with van der Waals surface area (Å²) in [4.78, 5) is 0. The summed E-state index contributed by atoms with van der Waals surface area (Å²) in [5, 5.41) is 0. The molecule has 0 nitrogen and oxygen atoms in total. The Labute approximate surface area is 93.5 Å². The molecule has 0 heterocycles. The fourth-order valence-electron chi connectivity index (χ4n) is 1.56. The SMILES string of the molecule is CC(C)C(C)[C](C)([Mg][Br])C(C)C. The molecule has 0 aromatic heterocycles. The fraction of sp³-hybridized carbons (Fsp3) is 1.00. The van der Waals surface area contributed by atoms with E-state index in [1.807, 2.05) is 0 Å². The van der Waals surface area contributed by atoms with Gasteiger partial charge in [0.15, 0.2) is 0 Å². The maximum Gasteiger partial charge on any atom is 0.475 e. The monoisotopic (exact) mass is 244 g/mol. The molecule has 0 bridgehead atoms. The van der Waals surface area contributed by atoms with Gasteiger partial charge in [-0.2, -0.15) is 0 Å². The van der Waals surface area contributed by atoms with Crippen LogP contribution in [0.15, 0.2) is 0 Å². The van der Waals surface area contributed by atoms with Gasteiger partial charge in [-0.1, -0.05) is 53.4 Å². The van der Waals surface area contributed by atoms with E-state index in [-0.39, 0.29) is 18.2 Å². The molecule has 2 unspecified atom stereocenters. The Balaban J connectivity index is 4.51. The van der Waals surface area contributed by atoms with Gasteiger partial charge in [-0.15, -0.1) is 3.54 Å². The van der Waals surface area contributed by atoms with Crippen molar-refractivity contribution >= 4 is 31.1 Å².